The molecule has 0 saturated carbocycles. The van der Waals surface area contributed by atoms with Crippen LogP contribution in [0.25, 0.3) is 0 Å². The summed E-state index contributed by atoms with van der Waals surface area (Å²) >= 11 is 0. The first kappa shape index (κ1) is 34.0. The van der Waals surface area contributed by atoms with Gasteiger partial charge >= 0.3 is 0 Å². The number of carbonyl (C=O) groups excluding carboxylic acids is 1. The van der Waals surface area contributed by atoms with Gasteiger partial charge in [-0.05, 0) is 45.4 Å². The van der Waals surface area contributed by atoms with E-state index in [1.165, 1.54) is 90.1 Å². The Balaban J connectivity index is -0.000000686. The van der Waals surface area contributed by atoms with Crippen LogP contribution >= 0.6 is 0 Å². The SMILES string of the molecule is CCCCCCCCC=CCCCCCCCC(=O)NO.CCC[N+](C)(C)CC.[Cl-]. The monoisotopic (exact) mass is 448 g/mol. The van der Waals surface area contributed by atoms with E-state index in [-0.39, 0.29) is 18.3 Å². The molecular formula is C25H53ClN2O2. The molecule has 0 atom stereocenters. The minimum atomic E-state index is -0.271. The first-order chi connectivity index (χ1) is 13.9. The third kappa shape index (κ3) is 29.6. The van der Waals surface area contributed by atoms with E-state index in [9.17, 15) is 4.79 Å². The van der Waals surface area contributed by atoms with Gasteiger partial charge in [0.25, 0.3) is 0 Å². The second-order valence-electron chi connectivity index (χ2n) is 8.84. The molecule has 0 aromatic heterocycles. The zero-order valence-electron chi connectivity index (χ0n) is 20.9. The number of quaternary nitrogens is 1. The normalized spacial score (nSPS) is 11.0. The maximum atomic E-state index is 10.8. The minimum absolute atomic E-state index is 0. The van der Waals surface area contributed by atoms with Gasteiger partial charge in [-0.2, -0.15) is 0 Å². The minimum Gasteiger partial charge on any atom is -1.00 e. The van der Waals surface area contributed by atoms with Crippen molar-refractivity contribution in [3.05, 3.63) is 12.2 Å². The third-order valence-electron chi connectivity index (χ3n) is 5.48. The summed E-state index contributed by atoms with van der Waals surface area (Å²) in [5.74, 6) is -0.271. The van der Waals surface area contributed by atoms with Crippen LogP contribution in [0.2, 0.25) is 0 Å². The van der Waals surface area contributed by atoms with E-state index in [2.05, 4.69) is 47.0 Å². The molecule has 0 aromatic rings. The van der Waals surface area contributed by atoms with Gasteiger partial charge in [0.15, 0.2) is 0 Å². The first-order valence-electron chi connectivity index (χ1n) is 12.3. The predicted octanol–water partition coefficient (Wildman–Crippen LogP) is 4.03. The number of nitrogens with one attached hydrogen (secondary N) is 1. The number of nitrogens with zero attached hydrogens (tertiary/aromatic N) is 1. The number of hydrogen-bond acceptors (Lipinski definition) is 2. The molecule has 0 aliphatic rings. The molecule has 182 valence electrons. The van der Waals surface area contributed by atoms with Gasteiger partial charge in [0.2, 0.25) is 5.91 Å². The van der Waals surface area contributed by atoms with Crippen LogP contribution in [0, 0.1) is 0 Å². The number of unbranched alkanes of at least 4 members (excludes halogenated alkanes) is 11. The summed E-state index contributed by atoms with van der Waals surface area (Å²) in [6.07, 6.45) is 22.7. The second kappa shape index (κ2) is 26.5. The largest absolute Gasteiger partial charge is 1.00 e. The molecule has 0 heterocycles. The lowest BCUT2D eigenvalue weighted by Crippen LogP contribution is -3.00. The van der Waals surface area contributed by atoms with Crippen LogP contribution in [0.4, 0.5) is 0 Å². The number of rotatable bonds is 18. The van der Waals surface area contributed by atoms with Crippen LogP contribution in [0.5, 0.6) is 0 Å². The number of hydrogen-bond donors (Lipinski definition) is 2. The van der Waals surface area contributed by atoms with Crippen molar-refractivity contribution in [2.24, 2.45) is 0 Å². The molecule has 0 aliphatic carbocycles. The van der Waals surface area contributed by atoms with Crippen molar-refractivity contribution >= 4 is 5.91 Å². The Hall–Kier alpha value is -0.580. The van der Waals surface area contributed by atoms with Crippen LogP contribution in [-0.2, 0) is 4.79 Å². The highest BCUT2D eigenvalue weighted by atomic mass is 35.5. The van der Waals surface area contributed by atoms with E-state index in [1.807, 2.05) is 0 Å². The molecule has 1 amide bonds. The van der Waals surface area contributed by atoms with Crippen LogP contribution in [-0.4, -0.2) is 42.8 Å². The number of halogens is 1. The van der Waals surface area contributed by atoms with Gasteiger partial charge in [-0.1, -0.05) is 77.4 Å². The molecule has 0 aromatic carbocycles. The number of carbonyl (C=O) groups is 1. The average Bonchev–Trinajstić information content (AvgIpc) is 2.71. The first-order valence-corrected chi connectivity index (χ1v) is 12.3. The smallest absolute Gasteiger partial charge is 0.243 e. The van der Waals surface area contributed by atoms with E-state index >= 15 is 0 Å². The van der Waals surface area contributed by atoms with Crippen LogP contribution in [0.15, 0.2) is 12.2 Å². The Kier molecular flexibility index (Phi) is 30.0. The predicted molar refractivity (Wildman–Crippen MR) is 127 cm³/mol. The fraction of sp³-hybridized carbons (Fsp3) is 0.880. The number of hydroxylamine groups is 1. The third-order valence-corrected chi connectivity index (χ3v) is 5.48. The Labute approximate surface area is 194 Å². The average molecular weight is 449 g/mol. The van der Waals surface area contributed by atoms with E-state index in [1.54, 1.807) is 5.48 Å². The van der Waals surface area contributed by atoms with Crippen LogP contribution in [0.1, 0.15) is 117 Å². The zero-order chi connectivity index (χ0) is 22.2. The highest BCUT2D eigenvalue weighted by molar-refractivity contribution is 5.74. The van der Waals surface area contributed by atoms with Crippen molar-refractivity contribution in [2.75, 3.05) is 27.2 Å². The summed E-state index contributed by atoms with van der Waals surface area (Å²) in [4.78, 5) is 10.8. The highest BCUT2D eigenvalue weighted by Crippen LogP contribution is 2.09. The lowest BCUT2D eigenvalue weighted by molar-refractivity contribution is -0.888. The maximum absolute atomic E-state index is 10.8. The Morgan fingerprint density at radius 1 is 0.767 bits per heavy atom. The van der Waals surface area contributed by atoms with E-state index < -0.39 is 0 Å². The summed E-state index contributed by atoms with van der Waals surface area (Å²) < 4.78 is 1.16. The van der Waals surface area contributed by atoms with Crippen molar-refractivity contribution in [2.45, 2.75) is 117 Å². The molecule has 2 N–H and O–H groups in total. The zero-order valence-corrected chi connectivity index (χ0v) is 21.6. The van der Waals surface area contributed by atoms with E-state index in [0.717, 1.165) is 17.3 Å². The molecule has 0 fully saturated rings. The standard InChI is InChI=1S/C18H35NO2.C7H18N.ClH/c1-2-3-4-5-6-7-8-9-10-11-12-13-14-15-16-17-18(20)19-21;1-5-7-8(3,4)6-2;/h9-10,21H,2-8,11-17H2,1H3,(H,19,20);5-7H2,1-4H3;1H/q;+1;/p-1. The van der Waals surface area contributed by atoms with Crippen molar-refractivity contribution < 1.29 is 26.9 Å². The quantitative estimate of drug-likeness (QED) is 0.109. The van der Waals surface area contributed by atoms with Crippen molar-refractivity contribution in [1.82, 2.24) is 5.48 Å². The molecular weight excluding hydrogens is 396 g/mol. The maximum Gasteiger partial charge on any atom is 0.243 e. The molecule has 0 unspecified atom stereocenters. The van der Waals surface area contributed by atoms with Crippen LogP contribution in [0.3, 0.4) is 0 Å². The van der Waals surface area contributed by atoms with Crippen molar-refractivity contribution in [3.8, 4) is 0 Å². The van der Waals surface area contributed by atoms with Gasteiger partial charge in [0, 0.05) is 6.42 Å². The lowest BCUT2D eigenvalue weighted by Gasteiger charge is -2.27. The molecule has 5 heteroatoms. The molecule has 0 rings (SSSR count). The van der Waals surface area contributed by atoms with Gasteiger partial charge in [-0.15, -0.1) is 0 Å². The van der Waals surface area contributed by atoms with Gasteiger partial charge in [-0.3, -0.25) is 10.0 Å². The van der Waals surface area contributed by atoms with E-state index in [4.69, 9.17) is 5.21 Å². The van der Waals surface area contributed by atoms with Crippen molar-refractivity contribution in [1.29, 1.82) is 0 Å². The lowest BCUT2D eigenvalue weighted by atomic mass is 10.1. The van der Waals surface area contributed by atoms with Crippen LogP contribution < -0.4 is 17.9 Å². The topological polar surface area (TPSA) is 49.3 Å². The van der Waals surface area contributed by atoms with Crippen molar-refractivity contribution in [3.63, 3.8) is 0 Å². The van der Waals surface area contributed by atoms with Gasteiger partial charge in [0.05, 0.1) is 27.2 Å². The molecule has 0 radical (unpaired) electrons. The Bertz CT molecular complexity index is 374. The second-order valence-corrected chi connectivity index (χ2v) is 8.84. The number of amides is 1. The number of allylic oxidation sites excluding steroid dienone is 2. The summed E-state index contributed by atoms with van der Waals surface area (Å²) in [6, 6.07) is 0. The summed E-state index contributed by atoms with van der Waals surface area (Å²) in [5.41, 5.74) is 1.67. The highest BCUT2D eigenvalue weighted by Gasteiger charge is 2.07. The summed E-state index contributed by atoms with van der Waals surface area (Å²) in [7, 11) is 4.53. The molecule has 0 bridgehead atoms. The molecule has 0 aliphatic heterocycles. The van der Waals surface area contributed by atoms with Gasteiger partial charge in [0.1, 0.15) is 0 Å². The molecule has 0 spiro atoms. The Morgan fingerprint density at radius 2 is 1.23 bits per heavy atom. The molecule has 4 nitrogen and oxygen atoms in total. The fourth-order valence-electron chi connectivity index (χ4n) is 3.18. The molecule has 0 saturated heterocycles. The van der Waals surface area contributed by atoms with Gasteiger partial charge in [-0.25, -0.2) is 5.48 Å². The van der Waals surface area contributed by atoms with Gasteiger partial charge < -0.3 is 16.9 Å². The van der Waals surface area contributed by atoms with E-state index in [0.29, 0.717) is 6.42 Å². The fourth-order valence-corrected chi connectivity index (χ4v) is 3.18. The Morgan fingerprint density at radius 3 is 1.63 bits per heavy atom. The molecule has 30 heavy (non-hydrogen) atoms. The summed E-state index contributed by atoms with van der Waals surface area (Å²) in [5, 5.41) is 8.34. The summed E-state index contributed by atoms with van der Waals surface area (Å²) in [6.45, 7) is 9.27.